The van der Waals surface area contributed by atoms with Crippen molar-refractivity contribution in [3.05, 3.63) is 107 Å². The molecule has 0 spiro atoms. The Kier molecular flexibility index (Phi) is 8.13. The predicted molar refractivity (Wildman–Crippen MR) is 136 cm³/mol. The van der Waals surface area contributed by atoms with Crippen LogP contribution in [0.5, 0.6) is 0 Å². The molecule has 0 aromatic heterocycles. The minimum absolute atomic E-state index is 0.0331. The second-order valence-corrected chi connectivity index (χ2v) is 9.37. The lowest BCUT2D eigenvalue weighted by atomic mass is 10.0. The second-order valence-electron chi connectivity index (χ2n) is 9.37. The number of carbonyl (C=O) groups is 2. The lowest BCUT2D eigenvalue weighted by Gasteiger charge is -2.32. The van der Waals surface area contributed by atoms with Crippen LogP contribution < -0.4 is 5.32 Å². The standard InChI is InChI=1S/C30H34N2O2/c1-23-16-18-26(19-17-23)22-32(29(33)21-25-12-6-3-7-13-25)28(20-24-10-4-2-5-11-24)30(34)31-27-14-8-9-15-27/h2-7,10-13,16-19,27-28H,8-9,14-15,20-22H2,1H3,(H,31,34)/t28-/m0/s1. The predicted octanol–water partition coefficient (Wildman–Crippen LogP) is 5.24. The van der Waals surface area contributed by atoms with E-state index in [0.29, 0.717) is 13.0 Å². The van der Waals surface area contributed by atoms with E-state index in [9.17, 15) is 9.59 Å². The number of benzene rings is 3. The van der Waals surface area contributed by atoms with E-state index < -0.39 is 6.04 Å². The lowest BCUT2D eigenvalue weighted by Crippen LogP contribution is -2.52. The quantitative estimate of drug-likeness (QED) is 0.481. The molecule has 0 saturated heterocycles. The number of nitrogens with one attached hydrogen (secondary N) is 1. The van der Waals surface area contributed by atoms with Gasteiger partial charge in [0.05, 0.1) is 6.42 Å². The molecule has 34 heavy (non-hydrogen) atoms. The highest BCUT2D eigenvalue weighted by Gasteiger charge is 2.32. The number of hydrogen-bond donors (Lipinski definition) is 1. The molecule has 0 heterocycles. The zero-order valence-electron chi connectivity index (χ0n) is 20.0. The second kappa shape index (κ2) is 11.6. The minimum Gasteiger partial charge on any atom is -0.352 e. The highest BCUT2D eigenvalue weighted by Crippen LogP contribution is 2.21. The molecular weight excluding hydrogens is 420 g/mol. The molecule has 1 fully saturated rings. The monoisotopic (exact) mass is 454 g/mol. The summed E-state index contributed by atoms with van der Waals surface area (Å²) in [6, 6.07) is 27.6. The summed E-state index contributed by atoms with van der Waals surface area (Å²) in [5, 5.41) is 3.26. The van der Waals surface area contributed by atoms with E-state index in [1.165, 1.54) is 5.56 Å². The SMILES string of the molecule is Cc1ccc(CN(C(=O)Cc2ccccc2)[C@@H](Cc2ccccc2)C(=O)NC2CCCC2)cc1. The minimum atomic E-state index is -0.569. The Balaban J connectivity index is 1.64. The Morgan fingerprint density at radius 1 is 0.824 bits per heavy atom. The molecular formula is C30H34N2O2. The van der Waals surface area contributed by atoms with E-state index in [1.54, 1.807) is 4.90 Å². The molecule has 1 aliphatic carbocycles. The fourth-order valence-electron chi connectivity index (χ4n) is 4.68. The van der Waals surface area contributed by atoms with Crippen LogP contribution in [-0.4, -0.2) is 28.8 Å². The van der Waals surface area contributed by atoms with Crippen LogP contribution in [0.3, 0.4) is 0 Å². The fourth-order valence-corrected chi connectivity index (χ4v) is 4.68. The zero-order chi connectivity index (χ0) is 23.8. The van der Waals surface area contributed by atoms with Crippen LogP contribution in [-0.2, 0) is 29.0 Å². The summed E-state index contributed by atoms with van der Waals surface area (Å²) in [5.74, 6) is -0.0847. The summed E-state index contributed by atoms with van der Waals surface area (Å²) in [6.07, 6.45) is 5.09. The topological polar surface area (TPSA) is 49.4 Å². The van der Waals surface area contributed by atoms with Crippen molar-refractivity contribution in [1.29, 1.82) is 0 Å². The number of carbonyl (C=O) groups excluding carboxylic acids is 2. The maximum absolute atomic E-state index is 13.7. The number of aryl methyl sites for hydroxylation is 1. The van der Waals surface area contributed by atoms with Crippen LogP contribution in [0.15, 0.2) is 84.9 Å². The molecule has 1 saturated carbocycles. The third-order valence-corrected chi connectivity index (χ3v) is 6.64. The summed E-state index contributed by atoms with van der Waals surface area (Å²) in [6.45, 7) is 2.46. The molecule has 4 heteroatoms. The highest BCUT2D eigenvalue weighted by atomic mass is 16.2. The van der Waals surface area contributed by atoms with Crippen molar-refractivity contribution in [3.8, 4) is 0 Å². The van der Waals surface area contributed by atoms with Gasteiger partial charge in [0.15, 0.2) is 0 Å². The molecule has 0 unspecified atom stereocenters. The third-order valence-electron chi connectivity index (χ3n) is 6.64. The van der Waals surface area contributed by atoms with Gasteiger partial charge in [-0.25, -0.2) is 0 Å². The Labute approximate surface area is 203 Å². The van der Waals surface area contributed by atoms with E-state index >= 15 is 0 Å². The van der Waals surface area contributed by atoms with Gasteiger partial charge in [-0.3, -0.25) is 9.59 Å². The molecule has 4 rings (SSSR count). The smallest absolute Gasteiger partial charge is 0.243 e. The normalized spacial score (nSPS) is 14.5. The largest absolute Gasteiger partial charge is 0.352 e. The van der Waals surface area contributed by atoms with Crippen molar-refractivity contribution in [2.45, 2.75) is 64.1 Å². The number of nitrogens with zero attached hydrogens (tertiary/aromatic N) is 1. The first kappa shape index (κ1) is 23.7. The number of hydrogen-bond acceptors (Lipinski definition) is 2. The van der Waals surface area contributed by atoms with E-state index in [0.717, 1.165) is 42.4 Å². The van der Waals surface area contributed by atoms with Gasteiger partial charge in [-0.05, 0) is 36.5 Å². The Bertz CT molecular complexity index is 1060. The third kappa shape index (κ3) is 6.57. The van der Waals surface area contributed by atoms with Gasteiger partial charge in [0.25, 0.3) is 0 Å². The van der Waals surface area contributed by atoms with Crippen LogP contribution in [0, 0.1) is 6.92 Å². The van der Waals surface area contributed by atoms with Crippen LogP contribution in [0.4, 0.5) is 0 Å². The van der Waals surface area contributed by atoms with E-state index in [4.69, 9.17) is 0 Å². The average molecular weight is 455 g/mol. The zero-order valence-corrected chi connectivity index (χ0v) is 20.0. The van der Waals surface area contributed by atoms with Crippen LogP contribution >= 0.6 is 0 Å². The van der Waals surface area contributed by atoms with Crippen molar-refractivity contribution in [2.24, 2.45) is 0 Å². The van der Waals surface area contributed by atoms with Crippen LogP contribution in [0.1, 0.15) is 47.9 Å². The van der Waals surface area contributed by atoms with E-state index in [1.807, 2.05) is 72.8 Å². The summed E-state index contributed by atoms with van der Waals surface area (Å²) in [4.78, 5) is 29.1. The van der Waals surface area contributed by atoms with Gasteiger partial charge in [0.2, 0.25) is 11.8 Å². The maximum Gasteiger partial charge on any atom is 0.243 e. The first-order chi connectivity index (χ1) is 16.6. The van der Waals surface area contributed by atoms with Gasteiger partial charge >= 0.3 is 0 Å². The highest BCUT2D eigenvalue weighted by molar-refractivity contribution is 5.89. The maximum atomic E-state index is 13.7. The first-order valence-electron chi connectivity index (χ1n) is 12.3. The van der Waals surface area contributed by atoms with E-state index in [-0.39, 0.29) is 24.3 Å². The van der Waals surface area contributed by atoms with Gasteiger partial charge in [0.1, 0.15) is 6.04 Å². The summed E-state index contributed by atoms with van der Waals surface area (Å²) < 4.78 is 0. The van der Waals surface area contributed by atoms with Gasteiger partial charge in [0, 0.05) is 19.0 Å². The van der Waals surface area contributed by atoms with Crippen LogP contribution in [0.2, 0.25) is 0 Å². The Morgan fingerprint density at radius 3 is 2.03 bits per heavy atom. The van der Waals surface area contributed by atoms with Crippen molar-refractivity contribution < 1.29 is 9.59 Å². The lowest BCUT2D eigenvalue weighted by molar-refractivity contribution is -0.141. The number of rotatable bonds is 9. The Hall–Kier alpha value is -3.40. The molecule has 1 aliphatic rings. The molecule has 0 aliphatic heterocycles. The molecule has 0 bridgehead atoms. The van der Waals surface area contributed by atoms with Crippen molar-refractivity contribution in [1.82, 2.24) is 10.2 Å². The van der Waals surface area contributed by atoms with Gasteiger partial charge in [-0.15, -0.1) is 0 Å². The summed E-state index contributed by atoms with van der Waals surface area (Å²) >= 11 is 0. The van der Waals surface area contributed by atoms with E-state index in [2.05, 4.69) is 24.4 Å². The number of amides is 2. The summed E-state index contributed by atoms with van der Waals surface area (Å²) in [7, 11) is 0. The molecule has 176 valence electrons. The molecule has 1 atom stereocenters. The molecule has 4 nitrogen and oxygen atoms in total. The molecule has 0 radical (unpaired) electrons. The fraction of sp³-hybridized carbons (Fsp3) is 0.333. The van der Waals surface area contributed by atoms with Crippen molar-refractivity contribution in [2.75, 3.05) is 0 Å². The Morgan fingerprint density at radius 2 is 1.41 bits per heavy atom. The van der Waals surface area contributed by atoms with Crippen LogP contribution in [0.25, 0.3) is 0 Å². The molecule has 1 N–H and O–H groups in total. The van der Waals surface area contributed by atoms with Crippen molar-refractivity contribution in [3.63, 3.8) is 0 Å². The average Bonchev–Trinajstić information content (AvgIpc) is 3.36. The van der Waals surface area contributed by atoms with Crippen molar-refractivity contribution >= 4 is 11.8 Å². The van der Waals surface area contributed by atoms with Gasteiger partial charge < -0.3 is 10.2 Å². The van der Waals surface area contributed by atoms with Gasteiger partial charge in [-0.1, -0.05) is 103 Å². The summed E-state index contributed by atoms with van der Waals surface area (Å²) in [5.41, 5.74) is 4.20. The molecule has 3 aromatic rings. The first-order valence-corrected chi connectivity index (χ1v) is 12.3. The molecule has 2 amide bonds. The molecule has 3 aromatic carbocycles. The van der Waals surface area contributed by atoms with Gasteiger partial charge in [-0.2, -0.15) is 0 Å².